The topological polar surface area (TPSA) is 63.4 Å². The van der Waals surface area contributed by atoms with Crippen molar-refractivity contribution in [3.63, 3.8) is 0 Å². The lowest BCUT2D eigenvalue weighted by atomic mass is 10.2. The van der Waals surface area contributed by atoms with Crippen molar-refractivity contribution in [2.45, 2.75) is 11.8 Å². The summed E-state index contributed by atoms with van der Waals surface area (Å²) >= 11 is 0. The van der Waals surface area contributed by atoms with E-state index in [0.29, 0.717) is 5.69 Å². The number of nitrogen functional groups attached to an aromatic ring is 1. The molecule has 0 saturated carbocycles. The molecular weight excluding hydrogens is 279 g/mol. The zero-order valence-corrected chi connectivity index (χ0v) is 12.0. The first-order chi connectivity index (χ1) is 9.32. The Bertz CT molecular complexity index is 727. The molecule has 2 rings (SSSR count). The van der Waals surface area contributed by atoms with E-state index in [2.05, 4.69) is 0 Å². The number of aryl methyl sites for hydroxylation is 1. The van der Waals surface area contributed by atoms with Gasteiger partial charge >= 0.3 is 0 Å². The lowest BCUT2D eigenvalue weighted by molar-refractivity contribution is 0.593. The summed E-state index contributed by atoms with van der Waals surface area (Å²) in [5, 5.41) is 0. The maximum Gasteiger partial charge on any atom is 0.266 e. The maximum atomic E-state index is 13.0. The van der Waals surface area contributed by atoms with Gasteiger partial charge in [-0.3, -0.25) is 4.31 Å². The second kappa shape index (κ2) is 5.13. The van der Waals surface area contributed by atoms with Crippen molar-refractivity contribution < 1.29 is 12.8 Å². The monoisotopic (exact) mass is 294 g/mol. The summed E-state index contributed by atoms with van der Waals surface area (Å²) in [5.74, 6) is -0.570. The van der Waals surface area contributed by atoms with Gasteiger partial charge in [0.05, 0.1) is 11.4 Å². The van der Waals surface area contributed by atoms with Crippen molar-refractivity contribution in [3.8, 4) is 0 Å². The van der Waals surface area contributed by atoms with Gasteiger partial charge < -0.3 is 5.73 Å². The first-order valence-electron chi connectivity index (χ1n) is 5.93. The normalized spacial score (nSPS) is 11.3. The van der Waals surface area contributed by atoms with Gasteiger partial charge in [-0.1, -0.05) is 17.7 Å². The first kappa shape index (κ1) is 14.3. The average molecular weight is 294 g/mol. The fraction of sp³-hybridized carbons (Fsp3) is 0.143. The van der Waals surface area contributed by atoms with Crippen LogP contribution in [-0.2, 0) is 10.0 Å². The van der Waals surface area contributed by atoms with Crippen LogP contribution in [-0.4, -0.2) is 15.5 Å². The molecule has 0 aliphatic carbocycles. The molecule has 0 fully saturated rings. The Morgan fingerprint density at radius 1 is 1.10 bits per heavy atom. The van der Waals surface area contributed by atoms with Crippen LogP contribution in [0.2, 0.25) is 0 Å². The number of sulfonamides is 1. The molecule has 106 valence electrons. The molecule has 6 heteroatoms. The summed E-state index contributed by atoms with van der Waals surface area (Å²) in [4.78, 5) is -0.109. The summed E-state index contributed by atoms with van der Waals surface area (Å²) in [6.07, 6.45) is 0. The Morgan fingerprint density at radius 3 is 2.25 bits per heavy atom. The van der Waals surface area contributed by atoms with Crippen LogP contribution >= 0.6 is 0 Å². The molecule has 2 aromatic carbocycles. The Balaban J connectivity index is 2.46. The Morgan fingerprint density at radius 2 is 1.70 bits per heavy atom. The van der Waals surface area contributed by atoms with Crippen LogP contribution in [0.3, 0.4) is 0 Å². The summed E-state index contributed by atoms with van der Waals surface area (Å²) in [6, 6.07) is 10.3. The number of benzene rings is 2. The second-order valence-electron chi connectivity index (χ2n) is 4.49. The third-order valence-electron chi connectivity index (χ3n) is 3.01. The fourth-order valence-electron chi connectivity index (χ4n) is 1.80. The predicted molar refractivity (Wildman–Crippen MR) is 77.6 cm³/mol. The van der Waals surface area contributed by atoms with Gasteiger partial charge in [0, 0.05) is 7.05 Å². The molecule has 0 aliphatic heterocycles. The third-order valence-corrected chi connectivity index (χ3v) is 4.87. The highest BCUT2D eigenvalue weighted by molar-refractivity contribution is 7.93. The van der Waals surface area contributed by atoms with Crippen LogP contribution in [0.15, 0.2) is 47.4 Å². The van der Waals surface area contributed by atoms with Gasteiger partial charge in [0.25, 0.3) is 10.0 Å². The zero-order chi connectivity index (χ0) is 14.9. The highest BCUT2D eigenvalue weighted by Crippen LogP contribution is 2.26. The van der Waals surface area contributed by atoms with Crippen LogP contribution in [0.25, 0.3) is 0 Å². The lowest BCUT2D eigenvalue weighted by Crippen LogP contribution is -2.27. The van der Waals surface area contributed by atoms with E-state index in [4.69, 9.17) is 5.73 Å². The van der Waals surface area contributed by atoms with Crippen LogP contribution in [0, 0.1) is 12.7 Å². The van der Waals surface area contributed by atoms with Crippen molar-refractivity contribution in [2.75, 3.05) is 17.1 Å². The Labute approximate surface area is 117 Å². The molecule has 0 spiro atoms. The van der Waals surface area contributed by atoms with E-state index in [1.165, 1.54) is 13.1 Å². The molecule has 0 aromatic heterocycles. The molecule has 0 saturated heterocycles. The van der Waals surface area contributed by atoms with Crippen LogP contribution in [0.4, 0.5) is 15.8 Å². The van der Waals surface area contributed by atoms with Gasteiger partial charge in [-0.2, -0.15) is 0 Å². The molecule has 2 aromatic rings. The van der Waals surface area contributed by atoms with E-state index in [-0.39, 0.29) is 10.6 Å². The highest BCUT2D eigenvalue weighted by atomic mass is 32.2. The molecule has 0 amide bonds. The van der Waals surface area contributed by atoms with Gasteiger partial charge in [-0.25, -0.2) is 12.8 Å². The van der Waals surface area contributed by atoms with Gasteiger partial charge in [-0.05, 0) is 37.3 Å². The van der Waals surface area contributed by atoms with Crippen molar-refractivity contribution in [1.82, 2.24) is 0 Å². The molecule has 2 N–H and O–H groups in total. The Kier molecular flexibility index (Phi) is 3.67. The van der Waals surface area contributed by atoms with E-state index in [1.54, 1.807) is 12.1 Å². The molecule has 4 nitrogen and oxygen atoms in total. The number of rotatable bonds is 3. The number of halogens is 1. The van der Waals surface area contributed by atoms with Crippen LogP contribution in [0.5, 0.6) is 0 Å². The predicted octanol–water partition coefficient (Wildman–Crippen LogP) is 2.54. The maximum absolute atomic E-state index is 13.0. The van der Waals surface area contributed by atoms with Gasteiger partial charge in [0.2, 0.25) is 0 Å². The summed E-state index contributed by atoms with van der Waals surface area (Å²) < 4.78 is 39.1. The molecule has 0 aliphatic rings. The minimum atomic E-state index is -3.81. The van der Waals surface area contributed by atoms with E-state index in [9.17, 15) is 12.8 Å². The summed E-state index contributed by atoms with van der Waals surface area (Å²) in [5.41, 5.74) is 7.04. The number of hydrogen-bond donors (Lipinski definition) is 1. The van der Waals surface area contributed by atoms with E-state index in [0.717, 1.165) is 22.0 Å². The average Bonchev–Trinajstić information content (AvgIpc) is 2.38. The number of hydrogen-bond acceptors (Lipinski definition) is 3. The zero-order valence-electron chi connectivity index (χ0n) is 11.2. The molecule has 0 radical (unpaired) electrons. The molecule has 0 heterocycles. The Hall–Kier alpha value is -2.08. The van der Waals surface area contributed by atoms with E-state index >= 15 is 0 Å². The number of anilines is 2. The quantitative estimate of drug-likeness (QED) is 0.885. The lowest BCUT2D eigenvalue weighted by Gasteiger charge is -2.20. The van der Waals surface area contributed by atoms with Crippen LogP contribution < -0.4 is 10.0 Å². The standard InChI is InChI=1S/C14H15FN2O2S/c1-10-3-6-12(7-4-10)17(2)20(18,19)14-8-5-11(15)9-13(14)16/h3-9H,16H2,1-2H3. The molecule has 0 unspecified atom stereocenters. The van der Waals surface area contributed by atoms with Gasteiger partial charge in [0.1, 0.15) is 10.7 Å². The van der Waals surface area contributed by atoms with E-state index < -0.39 is 15.8 Å². The van der Waals surface area contributed by atoms with Crippen molar-refractivity contribution in [1.29, 1.82) is 0 Å². The summed E-state index contributed by atoms with van der Waals surface area (Å²) in [7, 11) is -2.38. The molecule has 0 bridgehead atoms. The smallest absolute Gasteiger partial charge is 0.266 e. The minimum absolute atomic E-state index is 0.107. The van der Waals surface area contributed by atoms with Crippen molar-refractivity contribution >= 4 is 21.4 Å². The SMILES string of the molecule is Cc1ccc(N(C)S(=O)(=O)c2ccc(F)cc2N)cc1. The second-order valence-corrected chi connectivity index (χ2v) is 6.43. The first-order valence-corrected chi connectivity index (χ1v) is 7.37. The van der Waals surface area contributed by atoms with E-state index in [1.807, 2.05) is 19.1 Å². The molecule has 20 heavy (non-hydrogen) atoms. The van der Waals surface area contributed by atoms with Gasteiger partial charge in [-0.15, -0.1) is 0 Å². The molecular formula is C14H15FN2O2S. The van der Waals surface area contributed by atoms with Crippen LogP contribution in [0.1, 0.15) is 5.56 Å². The molecule has 0 atom stereocenters. The number of nitrogens with two attached hydrogens (primary N) is 1. The largest absolute Gasteiger partial charge is 0.398 e. The minimum Gasteiger partial charge on any atom is -0.398 e. The third kappa shape index (κ3) is 2.60. The number of nitrogens with zero attached hydrogens (tertiary/aromatic N) is 1. The fourth-order valence-corrected chi connectivity index (χ4v) is 3.09. The van der Waals surface area contributed by atoms with Crippen molar-refractivity contribution in [3.05, 3.63) is 53.8 Å². The van der Waals surface area contributed by atoms with Crippen molar-refractivity contribution in [2.24, 2.45) is 0 Å². The summed E-state index contributed by atoms with van der Waals surface area (Å²) in [6.45, 7) is 1.91. The highest BCUT2D eigenvalue weighted by Gasteiger charge is 2.23. The van der Waals surface area contributed by atoms with Gasteiger partial charge in [0.15, 0.2) is 0 Å².